The fourth-order valence-electron chi connectivity index (χ4n) is 1.84. The average Bonchev–Trinajstić information content (AvgIpc) is 2.92. The molecule has 122 valence electrons. The van der Waals surface area contributed by atoms with Gasteiger partial charge in [-0.15, -0.1) is 11.8 Å². The molecule has 1 aromatic carbocycles. The number of hydrogen-bond acceptors (Lipinski definition) is 5. The number of amides is 2. The number of nitrogens with one attached hydrogen (secondary N) is 2. The average molecular weight is 371 g/mol. The summed E-state index contributed by atoms with van der Waals surface area (Å²) >= 11 is 8.27. The van der Waals surface area contributed by atoms with Crippen LogP contribution in [-0.2, 0) is 0 Å². The van der Waals surface area contributed by atoms with E-state index in [1.54, 1.807) is 31.3 Å². The van der Waals surface area contributed by atoms with Crippen LogP contribution in [0.2, 0.25) is 5.02 Å². The molecule has 0 saturated carbocycles. The molecule has 0 aliphatic rings. The smallest absolute Gasteiger partial charge is 0.342 e. The second kappa shape index (κ2) is 7.76. The Hall–Kier alpha value is -1.64. The molecular formula is C14H15ClN4O2S2. The van der Waals surface area contributed by atoms with Gasteiger partial charge in [-0.2, -0.15) is 9.78 Å². The number of benzene rings is 1. The van der Waals surface area contributed by atoms with E-state index in [0.717, 1.165) is 17.3 Å². The molecule has 0 spiro atoms. The number of halogens is 1. The Kier molecular flexibility index (Phi) is 5.97. The first-order chi connectivity index (χ1) is 11.0. The largest absolute Gasteiger partial charge is 0.350 e. The van der Waals surface area contributed by atoms with Crippen molar-refractivity contribution in [1.29, 1.82) is 0 Å². The van der Waals surface area contributed by atoms with Gasteiger partial charge in [-0.05, 0) is 30.2 Å². The Morgan fingerprint density at radius 2 is 1.83 bits per heavy atom. The van der Waals surface area contributed by atoms with Crippen LogP contribution < -0.4 is 10.6 Å². The van der Waals surface area contributed by atoms with Crippen LogP contribution in [-0.4, -0.2) is 41.4 Å². The second-order valence-electron chi connectivity index (χ2n) is 4.30. The SMILES string of the molecule is CNC(=O)Sc1c(-c2ccc(Cl)cc2)nn(C(=O)NC)c1SC. The molecular weight excluding hydrogens is 356 g/mol. The minimum absolute atomic E-state index is 0.230. The summed E-state index contributed by atoms with van der Waals surface area (Å²) in [6.07, 6.45) is 1.83. The minimum Gasteiger partial charge on any atom is -0.350 e. The molecule has 0 atom stereocenters. The van der Waals surface area contributed by atoms with E-state index in [1.807, 2.05) is 6.26 Å². The van der Waals surface area contributed by atoms with Crippen LogP contribution >= 0.6 is 35.1 Å². The number of carbonyl (C=O) groups excluding carboxylic acids is 2. The lowest BCUT2D eigenvalue weighted by atomic mass is 10.2. The Morgan fingerprint density at radius 1 is 1.17 bits per heavy atom. The number of carbonyl (C=O) groups is 2. The van der Waals surface area contributed by atoms with E-state index >= 15 is 0 Å². The van der Waals surface area contributed by atoms with Gasteiger partial charge in [-0.25, -0.2) is 4.79 Å². The van der Waals surface area contributed by atoms with Gasteiger partial charge >= 0.3 is 6.03 Å². The molecule has 0 aliphatic heterocycles. The van der Waals surface area contributed by atoms with Gasteiger partial charge in [0.2, 0.25) is 0 Å². The highest BCUT2D eigenvalue weighted by molar-refractivity contribution is 8.14. The maximum absolute atomic E-state index is 12.0. The lowest BCUT2D eigenvalue weighted by Gasteiger charge is -2.05. The molecule has 6 nitrogen and oxygen atoms in total. The topological polar surface area (TPSA) is 76.0 Å². The fraction of sp³-hybridized carbons (Fsp3) is 0.214. The monoisotopic (exact) mass is 370 g/mol. The third-order valence-electron chi connectivity index (χ3n) is 2.92. The third-order valence-corrected chi connectivity index (χ3v) is 5.04. The van der Waals surface area contributed by atoms with E-state index in [-0.39, 0.29) is 11.3 Å². The van der Waals surface area contributed by atoms with Gasteiger partial charge in [0.15, 0.2) is 0 Å². The van der Waals surface area contributed by atoms with E-state index in [1.165, 1.54) is 23.5 Å². The maximum atomic E-state index is 12.0. The van der Waals surface area contributed by atoms with Gasteiger partial charge in [-0.1, -0.05) is 23.7 Å². The first-order valence-corrected chi connectivity index (χ1v) is 8.98. The maximum Gasteiger partial charge on any atom is 0.342 e. The first kappa shape index (κ1) is 17.7. The Morgan fingerprint density at radius 3 is 2.35 bits per heavy atom. The van der Waals surface area contributed by atoms with E-state index in [9.17, 15) is 9.59 Å². The van der Waals surface area contributed by atoms with Gasteiger partial charge < -0.3 is 10.6 Å². The van der Waals surface area contributed by atoms with Crippen molar-refractivity contribution in [3.8, 4) is 11.3 Å². The number of aromatic nitrogens is 2. The minimum atomic E-state index is -0.367. The molecule has 0 aliphatic carbocycles. The molecule has 0 saturated heterocycles. The molecule has 9 heteroatoms. The molecule has 0 fully saturated rings. The highest BCUT2D eigenvalue weighted by Gasteiger charge is 2.24. The Balaban J connectivity index is 2.62. The zero-order chi connectivity index (χ0) is 17.0. The van der Waals surface area contributed by atoms with E-state index in [0.29, 0.717) is 20.6 Å². The van der Waals surface area contributed by atoms with Gasteiger partial charge in [0.25, 0.3) is 5.24 Å². The quantitative estimate of drug-likeness (QED) is 0.808. The lowest BCUT2D eigenvalue weighted by Crippen LogP contribution is -2.26. The van der Waals surface area contributed by atoms with Crippen molar-refractivity contribution >= 4 is 46.4 Å². The summed E-state index contributed by atoms with van der Waals surface area (Å²) in [4.78, 5) is 24.5. The van der Waals surface area contributed by atoms with Crippen molar-refractivity contribution in [3.05, 3.63) is 29.3 Å². The zero-order valence-corrected chi connectivity index (χ0v) is 15.1. The van der Waals surface area contributed by atoms with Crippen molar-refractivity contribution < 1.29 is 9.59 Å². The summed E-state index contributed by atoms with van der Waals surface area (Å²) in [5.74, 6) is 0. The van der Waals surface area contributed by atoms with Crippen molar-refractivity contribution in [1.82, 2.24) is 20.4 Å². The van der Waals surface area contributed by atoms with Crippen molar-refractivity contribution in [3.63, 3.8) is 0 Å². The number of nitrogens with zero attached hydrogens (tertiary/aromatic N) is 2. The standard InChI is InChI=1S/C14H15ClN4O2S2/c1-16-13(20)19-12(22-3)11(23-14(21)17-2)10(18-19)8-4-6-9(15)7-5-8/h4-7H,1-3H3,(H,16,20)(H,17,21). The van der Waals surface area contributed by atoms with E-state index in [4.69, 9.17) is 11.6 Å². The molecule has 2 N–H and O–H groups in total. The summed E-state index contributed by atoms with van der Waals surface area (Å²) < 4.78 is 1.26. The summed E-state index contributed by atoms with van der Waals surface area (Å²) in [6.45, 7) is 0. The predicted molar refractivity (Wildman–Crippen MR) is 94.6 cm³/mol. The van der Waals surface area contributed by atoms with Crippen LogP contribution in [0, 0.1) is 0 Å². The molecule has 23 heavy (non-hydrogen) atoms. The summed E-state index contributed by atoms with van der Waals surface area (Å²) in [5, 5.41) is 10.5. The van der Waals surface area contributed by atoms with E-state index in [2.05, 4.69) is 15.7 Å². The van der Waals surface area contributed by atoms with Crippen LogP contribution in [0.3, 0.4) is 0 Å². The molecule has 0 radical (unpaired) electrons. The Labute approximate surface area is 147 Å². The summed E-state index contributed by atoms with van der Waals surface area (Å²) in [6, 6.07) is 6.72. The van der Waals surface area contributed by atoms with Gasteiger partial charge in [-0.3, -0.25) is 4.79 Å². The van der Waals surface area contributed by atoms with Crippen molar-refractivity contribution in [2.75, 3.05) is 20.4 Å². The summed E-state index contributed by atoms with van der Waals surface area (Å²) in [5.41, 5.74) is 1.34. The van der Waals surface area contributed by atoms with Crippen molar-refractivity contribution in [2.45, 2.75) is 9.92 Å². The molecule has 2 aromatic rings. The van der Waals surface area contributed by atoms with Crippen LogP contribution in [0.1, 0.15) is 0 Å². The van der Waals surface area contributed by atoms with Gasteiger partial charge in [0.1, 0.15) is 10.7 Å². The molecule has 2 rings (SSSR count). The van der Waals surface area contributed by atoms with Crippen molar-refractivity contribution in [2.24, 2.45) is 0 Å². The molecule has 0 bridgehead atoms. The normalized spacial score (nSPS) is 10.4. The Bertz CT molecular complexity index is 731. The number of hydrogen-bond donors (Lipinski definition) is 2. The van der Waals surface area contributed by atoms with E-state index < -0.39 is 0 Å². The molecule has 1 aromatic heterocycles. The van der Waals surface area contributed by atoms with Gasteiger partial charge in [0, 0.05) is 24.7 Å². The zero-order valence-electron chi connectivity index (χ0n) is 12.7. The van der Waals surface area contributed by atoms with Crippen LogP contribution in [0.25, 0.3) is 11.3 Å². The number of thioether (sulfide) groups is 2. The predicted octanol–water partition coefficient (Wildman–Crippen LogP) is 3.54. The molecule has 2 amide bonds. The van der Waals surface area contributed by atoms with Crippen LogP contribution in [0.5, 0.6) is 0 Å². The highest BCUT2D eigenvalue weighted by atomic mass is 35.5. The molecule has 0 unspecified atom stereocenters. The summed E-state index contributed by atoms with van der Waals surface area (Å²) in [7, 11) is 3.08. The molecule has 1 heterocycles. The van der Waals surface area contributed by atoms with Gasteiger partial charge in [0.05, 0.1) is 4.90 Å². The highest BCUT2D eigenvalue weighted by Crippen LogP contribution is 2.38. The number of rotatable bonds is 3. The third kappa shape index (κ3) is 3.82. The van der Waals surface area contributed by atoms with Crippen LogP contribution in [0.15, 0.2) is 34.2 Å². The fourth-order valence-corrected chi connectivity index (χ4v) is 3.64. The first-order valence-electron chi connectivity index (χ1n) is 6.56. The second-order valence-corrected chi connectivity index (χ2v) is 6.51. The van der Waals surface area contributed by atoms with Crippen LogP contribution in [0.4, 0.5) is 9.59 Å². The lowest BCUT2D eigenvalue weighted by molar-refractivity contribution is 0.239.